The summed E-state index contributed by atoms with van der Waals surface area (Å²) in [7, 11) is 1.37. The van der Waals surface area contributed by atoms with Gasteiger partial charge in [-0.3, -0.25) is 9.59 Å². The number of ether oxygens (including phenoxy) is 1. The van der Waals surface area contributed by atoms with Crippen molar-refractivity contribution in [3.8, 4) is 5.75 Å². The van der Waals surface area contributed by atoms with E-state index >= 15 is 0 Å². The minimum Gasteiger partial charge on any atom is -0.494 e. The highest BCUT2D eigenvalue weighted by molar-refractivity contribution is 5.98. The molecule has 0 aromatic heterocycles. The van der Waals surface area contributed by atoms with Gasteiger partial charge in [-0.2, -0.15) is 0 Å². The third-order valence-corrected chi connectivity index (χ3v) is 4.68. The zero-order valence-corrected chi connectivity index (χ0v) is 15.5. The second kappa shape index (κ2) is 9.73. The Kier molecular flexibility index (Phi) is 8.32. The summed E-state index contributed by atoms with van der Waals surface area (Å²) in [5.41, 5.74) is 6.16. The number of hydrogen-bond donors (Lipinski definition) is 1. The van der Waals surface area contributed by atoms with E-state index in [1.165, 1.54) is 19.2 Å². The average molecular weight is 373 g/mol. The molecule has 1 amide bonds. The molecule has 2 N–H and O–H groups in total. The van der Waals surface area contributed by atoms with E-state index < -0.39 is 5.82 Å². The van der Waals surface area contributed by atoms with Crippen LogP contribution in [0, 0.1) is 11.7 Å². The predicted molar refractivity (Wildman–Crippen MR) is 96.7 cm³/mol. The van der Waals surface area contributed by atoms with Crippen LogP contribution in [-0.2, 0) is 4.79 Å². The number of nitrogens with two attached hydrogens (primary N) is 1. The third kappa shape index (κ3) is 5.68. The molecular formula is C18H26ClFN2O3. The Morgan fingerprint density at radius 1 is 1.32 bits per heavy atom. The van der Waals surface area contributed by atoms with E-state index in [1.54, 1.807) is 4.90 Å². The summed E-state index contributed by atoms with van der Waals surface area (Å²) in [6, 6.07) is 4.24. The first-order valence-corrected chi connectivity index (χ1v) is 8.32. The molecule has 0 saturated carbocycles. The molecule has 1 aromatic carbocycles. The lowest BCUT2D eigenvalue weighted by Gasteiger charge is -2.33. The Morgan fingerprint density at radius 2 is 1.96 bits per heavy atom. The van der Waals surface area contributed by atoms with Crippen molar-refractivity contribution in [3.05, 3.63) is 29.6 Å². The summed E-state index contributed by atoms with van der Waals surface area (Å²) in [5, 5.41) is 0. The van der Waals surface area contributed by atoms with Gasteiger partial charge in [-0.15, -0.1) is 12.4 Å². The number of halogens is 2. The van der Waals surface area contributed by atoms with Crippen molar-refractivity contribution in [3.63, 3.8) is 0 Å². The molecule has 1 heterocycles. The summed E-state index contributed by atoms with van der Waals surface area (Å²) >= 11 is 0. The quantitative estimate of drug-likeness (QED) is 0.779. The van der Waals surface area contributed by atoms with Crippen molar-refractivity contribution in [2.24, 2.45) is 11.7 Å². The van der Waals surface area contributed by atoms with Crippen LogP contribution in [0.1, 0.15) is 43.0 Å². The molecule has 1 aromatic rings. The highest BCUT2D eigenvalue weighted by atomic mass is 35.5. The van der Waals surface area contributed by atoms with Gasteiger partial charge in [0.25, 0.3) is 0 Å². The predicted octanol–water partition coefficient (Wildman–Crippen LogP) is 2.80. The fourth-order valence-electron chi connectivity index (χ4n) is 3.04. The number of piperidine rings is 1. The Morgan fingerprint density at radius 3 is 2.48 bits per heavy atom. The number of nitrogens with zero attached hydrogens (tertiary/aromatic N) is 1. The van der Waals surface area contributed by atoms with Crippen molar-refractivity contribution < 1.29 is 18.7 Å². The lowest BCUT2D eigenvalue weighted by molar-refractivity contribution is -0.132. The van der Waals surface area contributed by atoms with Crippen LogP contribution in [-0.4, -0.2) is 42.8 Å². The van der Waals surface area contributed by atoms with Gasteiger partial charge in [-0.1, -0.05) is 0 Å². The maximum Gasteiger partial charge on any atom is 0.223 e. The second-order valence-corrected chi connectivity index (χ2v) is 6.35. The van der Waals surface area contributed by atoms with Gasteiger partial charge >= 0.3 is 0 Å². The lowest BCUT2D eigenvalue weighted by atomic mass is 9.91. The van der Waals surface area contributed by atoms with E-state index in [-0.39, 0.29) is 54.3 Å². The van der Waals surface area contributed by atoms with Gasteiger partial charge in [0.15, 0.2) is 17.3 Å². The minimum atomic E-state index is -0.576. The zero-order chi connectivity index (χ0) is 17.7. The van der Waals surface area contributed by atoms with Crippen molar-refractivity contribution in [2.75, 3.05) is 20.2 Å². The molecule has 1 aliphatic heterocycles. The Bertz CT molecular complexity index is 602. The highest BCUT2D eigenvalue weighted by Gasteiger charge is 2.25. The molecule has 0 radical (unpaired) electrons. The van der Waals surface area contributed by atoms with Gasteiger partial charge in [0.1, 0.15) is 0 Å². The van der Waals surface area contributed by atoms with Crippen LogP contribution in [0.2, 0.25) is 0 Å². The largest absolute Gasteiger partial charge is 0.494 e. The summed E-state index contributed by atoms with van der Waals surface area (Å²) in [5.74, 6) is -0.291. The van der Waals surface area contributed by atoms with Crippen molar-refractivity contribution in [1.29, 1.82) is 0 Å². The topological polar surface area (TPSA) is 72.6 Å². The molecule has 0 aliphatic carbocycles. The van der Waals surface area contributed by atoms with Gasteiger partial charge < -0.3 is 15.4 Å². The number of carbonyl (C=O) groups excluding carboxylic acids is 2. The van der Waals surface area contributed by atoms with Crippen LogP contribution in [0.3, 0.4) is 0 Å². The molecule has 2 rings (SSSR count). The molecule has 5 nitrogen and oxygen atoms in total. The first kappa shape index (κ1) is 21.4. The van der Waals surface area contributed by atoms with E-state index in [4.69, 9.17) is 10.5 Å². The van der Waals surface area contributed by atoms with E-state index in [2.05, 4.69) is 0 Å². The molecule has 1 atom stereocenters. The number of Topliss-reactive ketones (excluding diaryl/α,β-unsaturated/α-hetero) is 1. The van der Waals surface area contributed by atoms with Crippen LogP contribution >= 0.6 is 12.4 Å². The van der Waals surface area contributed by atoms with E-state index in [0.717, 1.165) is 18.9 Å². The van der Waals surface area contributed by atoms with E-state index in [9.17, 15) is 14.0 Å². The number of likely N-dealkylation sites (tertiary alicyclic amines) is 1. The van der Waals surface area contributed by atoms with Crippen molar-refractivity contribution >= 4 is 24.1 Å². The number of methoxy groups -OCH3 is 1. The summed E-state index contributed by atoms with van der Waals surface area (Å²) in [4.78, 5) is 26.1. The molecule has 1 aliphatic rings. The molecule has 140 valence electrons. The molecule has 1 saturated heterocycles. The van der Waals surface area contributed by atoms with Gasteiger partial charge in [0.2, 0.25) is 5.91 Å². The van der Waals surface area contributed by atoms with Crippen LogP contribution < -0.4 is 10.5 Å². The number of rotatable bonds is 6. The first-order valence-electron chi connectivity index (χ1n) is 8.32. The van der Waals surface area contributed by atoms with Crippen molar-refractivity contribution in [1.82, 2.24) is 4.90 Å². The second-order valence-electron chi connectivity index (χ2n) is 6.35. The Balaban J connectivity index is 0.00000312. The number of ketones is 1. The van der Waals surface area contributed by atoms with Crippen LogP contribution in [0.5, 0.6) is 5.75 Å². The van der Waals surface area contributed by atoms with Gasteiger partial charge in [-0.05, 0) is 43.9 Å². The summed E-state index contributed by atoms with van der Waals surface area (Å²) in [6.07, 6.45) is 2.04. The molecule has 7 heteroatoms. The Hall–Kier alpha value is -1.66. The standard InChI is InChI=1S/C18H25FN2O3.ClH/c1-12(20)13-7-9-21(10-8-13)18(23)6-4-16(22)14-3-5-17(24-2)15(19)11-14;/h3,5,11-13H,4,6-10,20H2,1-2H3;1H. The normalized spacial score (nSPS) is 16.1. The smallest absolute Gasteiger partial charge is 0.223 e. The number of amides is 1. The van der Waals surface area contributed by atoms with Gasteiger partial charge in [0.05, 0.1) is 7.11 Å². The number of carbonyl (C=O) groups is 2. The van der Waals surface area contributed by atoms with Crippen LogP contribution in [0.25, 0.3) is 0 Å². The van der Waals surface area contributed by atoms with Gasteiger partial charge in [0, 0.05) is 37.5 Å². The average Bonchev–Trinajstić information content (AvgIpc) is 2.59. The lowest BCUT2D eigenvalue weighted by Crippen LogP contribution is -2.42. The molecule has 25 heavy (non-hydrogen) atoms. The Labute approximate surface area is 154 Å². The monoisotopic (exact) mass is 372 g/mol. The third-order valence-electron chi connectivity index (χ3n) is 4.68. The molecule has 1 fully saturated rings. The fraction of sp³-hybridized carbons (Fsp3) is 0.556. The first-order chi connectivity index (χ1) is 11.4. The van der Waals surface area contributed by atoms with Crippen molar-refractivity contribution in [2.45, 2.75) is 38.6 Å². The molecule has 0 spiro atoms. The molecular weight excluding hydrogens is 347 g/mol. The van der Waals surface area contributed by atoms with E-state index in [0.29, 0.717) is 19.0 Å². The number of benzene rings is 1. The molecule has 0 bridgehead atoms. The maximum atomic E-state index is 13.6. The van der Waals surface area contributed by atoms with E-state index in [1.807, 2.05) is 6.92 Å². The highest BCUT2D eigenvalue weighted by Crippen LogP contribution is 2.21. The molecule has 1 unspecified atom stereocenters. The van der Waals surface area contributed by atoms with Crippen LogP contribution in [0.15, 0.2) is 18.2 Å². The minimum absolute atomic E-state index is 0. The fourth-order valence-corrected chi connectivity index (χ4v) is 3.04. The summed E-state index contributed by atoms with van der Waals surface area (Å²) < 4.78 is 18.5. The summed E-state index contributed by atoms with van der Waals surface area (Å²) in [6.45, 7) is 3.38. The number of hydrogen-bond acceptors (Lipinski definition) is 4. The zero-order valence-electron chi connectivity index (χ0n) is 14.7. The van der Waals surface area contributed by atoms with Gasteiger partial charge in [-0.25, -0.2) is 4.39 Å². The maximum absolute atomic E-state index is 13.6. The SMILES string of the molecule is COc1ccc(C(=O)CCC(=O)N2CCC(C(C)N)CC2)cc1F.Cl. The van der Waals surface area contributed by atoms with Crippen LogP contribution in [0.4, 0.5) is 4.39 Å².